The first kappa shape index (κ1) is 14.1. The monoisotopic (exact) mass is 296 g/mol. The Morgan fingerprint density at radius 3 is 2.84 bits per heavy atom. The molecule has 1 N–H and O–H groups in total. The Bertz CT molecular complexity index is 561. The molecule has 0 unspecified atom stereocenters. The normalized spacial score (nSPS) is 10.5. The summed E-state index contributed by atoms with van der Waals surface area (Å²) in [4.78, 5) is 4.10. The summed E-state index contributed by atoms with van der Waals surface area (Å²) < 4.78 is 5.82. The van der Waals surface area contributed by atoms with Crippen LogP contribution in [0, 0.1) is 0 Å². The van der Waals surface area contributed by atoms with Gasteiger partial charge in [-0.3, -0.25) is 4.98 Å². The van der Waals surface area contributed by atoms with Crippen molar-refractivity contribution in [3.05, 3.63) is 52.3 Å². The predicted molar refractivity (Wildman–Crippen MR) is 78.2 cm³/mol. The van der Waals surface area contributed by atoms with E-state index in [0.29, 0.717) is 22.3 Å². The molecule has 0 radical (unpaired) electrons. The molecule has 2 rings (SSSR count). The van der Waals surface area contributed by atoms with Gasteiger partial charge >= 0.3 is 0 Å². The molecule has 0 saturated carbocycles. The van der Waals surface area contributed by atoms with Gasteiger partial charge in [-0.2, -0.15) is 0 Å². The third-order valence-corrected chi connectivity index (χ3v) is 3.36. The molecule has 0 bridgehead atoms. The van der Waals surface area contributed by atoms with Gasteiger partial charge in [-0.1, -0.05) is 36.2 Å². The van der Waals surface area contributed by atoms with E-state index in [-0.39, 0.29) is 0 Å². The molecular weight excluding hydrogens is 283 g/mol. The molecule has 3 nitrogen and oxygen atoms in total. The number of pyridine rings is 1. The maximum atomic E-state index is 6.11. The Morgan fingerprint density at radius 2 is 2.05 bits per heavy atom. The lowest BCUT2D eigenvalue weighted by Crippen LogP contribution is -2.12. The Kier molecular flexibility index (Phi) is 5.02. The number of ether oxygens (including phenoxy) is 1. The van der Waals surface area contributed by atoms with E-state index in [1.807, 2.05) is 13.0 Å². The van der Waals surface area contributed by atoms with Gasteiger partial charge in [-0.15, -0.1) is 0 Å². The van der Waals surface area contributed by atoms with Gasteiger partial charge in [0.2, 0.25) is 0 Å². The molecule has 0 aliphatic rings. The lowest BCUT2D eigenvalue weighted by Gasteiger charge is -2.12. The second-order valence-electron chi connectivity index (χ2n) is 3.92. The molecule has 0 aliphatic carbocycles. The minimum atomic E-state index is 0.412. The van der Waals surface area contributed by atoms with Gasteiger partial charge in [-0.25, -0.2) is 0 Å². The van der Waals surface area contributed by atoms with E-state index >= 15 is 0 Å². The van der Waals surface area contributed by atoms with E-state index in [1.165, 1.54) is 0 Å². The second kappa shape index (κ2) is 6.75. The van der Waals surface area contributed by atoms with E-state index < -0.39 is 0 Å². The van der Waals surface area contributed by atoms with E-state index in [0.717, 1.165) is 17.9 Å². The standard InChI is InChI=1S/C14H14Cl2N2O/c1-2-17-8-10-9-18-7-6-12(10)19-13-5-3-4-11(15)14(13)16/h3-7,9,17H,2,8H2,1H3. The molecular formula is C14H14Cl2N2O. The SMILES string of the molecule is CCNCc1cnccc1Oc1cccc(Cl)c1Cl. The van der Waals surface area contributed by atoms with Crippen LogP contribution in [-0.4, -0.2) is 11.5 Å². The molecule has 5 heteroatoms. The van der Waals surface area contributed by atoms with Crippen LogP contribution in [0.2, 0.25) is 10.0 Å². The Balaban J connectivity index is 2.25. The first-order chi connectivity index (χ1) is 9.22. The minimum Gasteiger partial charge on any atom is -0.455 e. The first-order valence-electron chi connectivity index (χ1n) is 5.98. The second-order valence-corrected chi connectivity index (χ2v) is 4.70. The highest BCUT2D eigenvalue weighted by molar-refractivity contribution is 6.42. The van der Waals surface area contributed by atoms with Crippen molar-refractivity contribution in [2.45, 2.75) is 13.5 Å². The number of aromatic nitrogens is 1. The third kappa shape index (κ3) is 3.60. The molecule has 19 heavy (non-hydrogen) atoms. The predicted octanol–water partition coefficient (Wildman–Crippen LogP) is 4.29. The van der Waals surface area contributed by atoms with Crippen molar-refractivity contribution in [1.82, 2.24) is 10.3 Å². The molecule has 0 aliphatic heterocycles. The number of nitrogens with one attached hydrogen (secondary N) is 1. The zero-order chi connectivity index (χ0) is 13.7. The van der Waals surface area contributed by atoms with Crippen LogP contribution >= 0.6 is 23.2 Å². The lowest BCUT2D eigenvalue weighted by molar-refractivity contribution is 0.472. The Hall–Kier alpha value is -1.29. The van der Waals surface area contributed by atoms with Gasteiger partial charge in [0.05, 0.1) is 5.02 Å². The van der Waals surface area contributed by atoms with E-state index in [4.69, 9.17) is 27.9 Å². The number of hydrogen-bond donors (Lipinski definition) is 1. The molecule has 2 aromatic rings. The smallest absolute Gasteiger partial charge is 0.147 e. The van der Waals surface area contributed by atoms with Gasteiger partial charge in [-0.05, 0) is 24.7 Å². The summed E-state index contributed by atoms with van der Waals surface area (Å²) in [6, 6.07) is 7.12. The zero-order valence-corrected chi connectivity index (χ0v) is 12.0. The summed E-state index contributed by atoms with van der Waals surface area (Å²) in [5.41, 5.74) is 0.973. The van der Waals surface area contributed by atoms with Crippen LogP contribution in [0.5, 0.6) is 11.5 Å². The number of hydrogen-bond acceptors (Lipinski definition) is 3. The number of halogens is 2. The van der Waals surface area contributed by atoms with Crippen molar-refractivity contribution in [3.8, 4) is 11.5 Å². The highest BCUT2D eigenvalue weighted by Crippen LogP contribution is 2.35. The van der Waals surface area contributed by atoms with Crippen LogP contribution in [0.3, 0.4) is 0 Å². The average Bonchev–Trinajstić information content (AvgIpc) is 2.43. The molecule has 0 saturated heterocycles. The number of benzene rings is 1. The summed E-state index contributed by atoms with van der Waals surface area (Å²) in [7, 11) is 0. The molecule has 0 fully saturated rings. The van der Waals surface area contributed by atoms with E-state index in [9.17, 15) is 0 Å². The first-order valence-corrected chi connectivity index (χ1v) is 6.73. The van der Waals surface area contributed by atoms with Crippen LogP contribution < -0.4 is 10.1 Å². The third-order valence-electron chi connectivity index (χ3n) is 2.56. The van der Waals surface area contributed by atoms with Gasteiger partial charge in [0.1, 0.15) is 16.5 Å². The van der Waals surface area contributed by atoms with Crippen molar-refractivity contribution in [2.24, 2.45) is 0 Å². The summed E-state index contributed by atoms with van der Waals surface area (Å²) in [6.45, 7) is 3.62. The summed E-state index contributed by atoms with van der Waals surface area (Å²) >= 11 is 12.1. The Labute approximate surface area is 122 Å². The van der Waals surface area contributed by atoms with Crippen LogP contribution in [0.4, 0.5) is 0 Å². The van der Waals surface area contributed by atoms with Gasteiger partial charge in [0.25, 0.3) is 0 Å². The summed E-state index contributed by atoms with van der Waals surface area (Å²) in [6.07, 6.45) is 3.46. The van der Waals surface area contributed by atoms with E-state index in [1.54, 1.807) is 30.6 Å². The fraction of sp³-hybridized carbons (Fsp3) is 0.214. The number of nitrogens with zero attached hydrogens (tertiary/aromatic N) is 1. The fourth-order valence-corrected chi connectivity index (χ4v) is 1.92. The van der Waals surface area contributed by atoms with Crippen LogP contribution in [0.1, 0.15) is 12.5 Å². The molecule has 1 aromatic carbocycles. The van der Waals surface area contributed by atoms with E-state index in [2.05, 4.69) is 10.3 Å². The zero-order valence-electron chi connectivity index (χ0n) is 10.5. The molecule has 1 heterocycles. The van der Waals surface area contributed by atoms with Crippen LogP contribution in [0.15, 0.2) is 36.7 Å². The molecule has 0 amide bonds. The van der Waals surface area contributed by atoms with Crippen molar-refractivity contribution in [1.29, 1.82) is 0 Å². The van der Waals surface area contributed by atoms with Crippen LogP contribution in [0.25, 0.3) is 0 Å². The number of rotatable bonds is 5. The highest BCUT2D eigenvalue weighted by atomic mass is 35.5. The quantitative estimate of drug-likeness (QED) is 0.894. The fourth-order valence-electron chi connectivity index (χ4n) is 1.59. The van der Waals surface area contributed by atoms with Gasteiger partial charge < -0.3 is 10.1 Å². The maximum absolute atomic E-state index is 6.11. The maximum Gasteiger partial charge on any atom is 0.147 e. The summed E-state index contributed by atoms with van der Waals surface area (Å²) in [5.74, 6) is 1.26. The van der Waals surface area contributed by atoms with Gasteiger partial charge in [0, 0.05) is 24.5 Å². The minimum absolute atomic E-state index is 0.412. The molecule has 0 atom stereocenters. The average molecular weight is 297 g/mol. The largest absolute Gasteiger partial charge is 0.455 e. The van der Waals surface area contributed by atoms with Crippen molar-refractivity contribution in [3.63, 3.8) is 0 Å². The van der Waals surface area contributed by atoms with Gasteiger partial charge in [0.15, 0.2) is 0 Å². The topological polar surface area (TPSA) is 34.2 Å². The molecule has 1 aromatic heterocycles. The van der Waals surface area contributed by atoms with Crippen molar-refractivity contribution in [2.75, 3.05) is 6.54 Å². The van der Waals surface area contributed by atoms with Crippen LogP contribution in [-0.2, 0) is 6.54 Å². The highest BCUT2D eigenvalue weighted by Gasteiger charge is 2.09. The Morgan fingerprint density at radius 1 is 1.21 bits per heavy atom. The van der Waals surface area contributed by atoms with Crippen molar-refractivity contribution >= 4 is 23.2 Å². The molecule has 100 valence electrons. The lowest BCUT2D eigenvalue weighted by atomic mass is 10.2. The summed E-state index contributed by atoms with van der Waals surface area (Å²) in [5, 5.41) is 4.12. The molecule has 0 spiro atoms. The van der Waals surface area contributed by atoms with Crippen molar-refractivity contribution < 1.29 is 4.74 Å².